The van der Waals surface area contributed by atoms with E-state index in [0.717, 1.165) is 18.3 Å². The highest BCUT2D eigenvalue weighted by Gasteiger charge is 2.35. The summed E-state index contributed by atoms with van der Waals surface area (Å²) in [7, 11) is 0. The number of nitrogens with zero attached hydrogens (tertiary/aromatic N) is 1. The molecule has 0 radical (unpaired) electrons. The van der Waals surface area contributed by atoms with Crippen LogP contribution in [0.1, 0.15) is 37.7 Å². The number of hydrogen-bond acceptors (Lipinski definition) is 4. The Morgan fingerprint density at radius 2 is 2.21 bits per heavy atom. The Kier molecular flexibility index (Phi) is 3.41. The molecule has 106 valence electrons. The van der Waals surface area contributed by atoms with Crippen LogP contribution in [-0.2, 0) is 5.60 Å². The van der Waals surface area contributed by atoms with Crippen molar-refractivity contribution in [3.63, 3.8) is 0 Å². The second-order valence-electron chi connectivity index (χ2n) is 6.28. The average Bonchev–Trinajstić information content (AvgIpc) is 2.94. The van der Waals surface area contributed by atoms with Crippen LogP contribution < -0.4 is 5.32 Å². The Balaban J connectivity index is 1.51. The van der Waals surface area contributed by atoms with Crippen molar-refractivity contribution in [3.8, 4) is 0 Å². The van der Waals surface area contributed by atoms with E-state index < -0.39 is 5.60 Å². The van der Waals surface area contributed by atoms with E-state index in [-0.39, 0.29) is 0 Å². The molecule has 1 saturated carbocycles. The molecule has 4 heteroatoms. The first kappa shape index (κ1) is 13.2. The second kappa shape index (κ2) is 4.93. The summed E-state index contributed by atoms with van der Waals surface area (Å²) in [6.45, 7) is 6.58. The van der Waals surface area contributed by atoms with Gasteiger partial charge >= 0.3 is 0 Å². The van der Waals surface area contributed by atoms with E-state index in [2.05, 4.69) is 10.2 Å². The van der Waals surface area contributed by atoms with Crippen LogP contribution in [0.15, 0.2) is 16.5 Å². The maximum absolute atomic E-state index is 10.5. The summed E-state index contributed by atoms with van der Waals surface area (Å²) in [5.41, 5.74) is -0.929. The van der Waals surface area contributed by atoms with Gasteiger partial charge in [0.15, 0.2) is 0 Å². The molecule has 2 fully saturated rings. The summed E-state index contributed by atoms with van der Waals surface area (Å²) < 4.78 is 5.53. The Bertz CT molecular complexity index is 437. The van der Waals surface area contributed by atoms with E-state index in [0.29, 0.717) is 18.3 Å². The van der Waals surface area contributed by atoms with Crippen molar-refractivity contribution in [1.82, 2.24) is 10.2 Å². The Labute approximate surface area is 114 Å². The molecule has 1 aromatic heterocycles. The molecular formula is C15H24N2O2. The van der Waals surface area contributed by atoms with Gasteiger partial charge in [-0.25, -0.2) is 0 Å². The normalized spacial score (nSPS) is 27.6. The summed E-state index contributed by atoms with van der Waals surface area (Å²) in [5.74, 6) is 1.49. The van der Waals surface area contributed by atoms with Gasteiger partial charge in [0.1, 0.15) is 17.1 Å². The molecule has 2 N–H and O–H groups in total. The molecular weight excluding hydrogens is 240 g/mol. The van der Waals surface area contributed by atoms with Gasteiger partial charge < -0.3 is 14.8 Å². The summed E-state index contributed by atoms with van der Waals surface area (Å²) in [6.07, 6.45) is 3.93. The second-order valence-corrected chi connectivity index (χ2v) is 6.28. The minimum absolute atomic E-state index is 0.503. The average molecular weight is 264 g/mol. The lowest BCUT2D eigenvalue weighted by Gasteiger charge is -2.24. The zero-order chi connectivity index (χ0) is 13.5. The maximum atomic E-state index is 10.5. The van der Waals surface area contributed by atoms with E-state index >= 15 is 0 Å². The number of likely N-dealkylation sites (tertiary alicyclic amines) is 1. The van der Waals surface area contributed by atoms with Crippen LogP contribution in [0.4, 0.5) is 0 Å². The van der Waals surface area contributed by atoms with Crippen molar-refractivity contribution in [1.29, 1.82) is 0 Å². The van der Waals surface area contributed by atoms with Crippen molar-refractivity contribution < 1.29 is 9.52 Å². The number of aryl methyl sites for hydroxylation is 1. The molecule has 1 aliphatic carbocycles. The fourth-order valence-corrected chi connectivity index (χ4v) is 2.88. The molecule has 2 unspecified atom stereocenters. The Hall–Kier alpha value is -0.840. The fraction of sp³-hybridized carbons (Fsp3) is 0.733. The Morgan fingerprint density at radius 1 is 1.42 bits per heavy atom. The molecule has 1 saturated heterocycles. The van der Waals surface area contributed by atoms with Crippen molar-refractivity contribution >= 4 is 0 Å². The molecule has 0 bridgehead atoms. The van der Waals surface area contributed by atoms with Crippen molar-refractivity contribution in [3.05, 3.63) is 23.7 Å². The van der Waals surface area contributed by atoms with Crippen LogP contribution >= 0.6 is 0 Å². The molecule has 2 aliphatic rings. The highest BCUT2D eigenvalue weighted by Crippen LogP contribution is 2.30. The predicted octanol–water partition coefficient (Wildman–Crippen LogP) is 1.62. The van der Waals surface area contributed by atoms with Crippen molar-refractivity contribution in [2.45, 2.75) is 50.8 Å². The van der Waals surface area contributed by atoms with Gasteiger partial charge in [-0.05, 0) is 45.2 Å². The highest BCUT2D eigenvalue weighted by atomic mass is 16.4. The first-order chi connectivity index (χ1) is 9.04. The quantitative estimate of drug-likeness (QED) is 0.848. The van der Waals surface area contributed by atoms with Crippen LogP contribution in [0.25, 0.3) is 0 Å². The fourth-order valence-electron chi connectivity index (χ4n) is 2.88. The van der Waals surface area contributed by atoms with Gasteiger partial charge in [0.25, 0.3) is 0 Å². The van der Waals surface area contributed by atoms with Gasteiger partial charge in [-0.3, -0.25) is 4.90 Å². The van der Waals surface area contributed by atoms with E-state index in [1.54, 1.807) is 0 Å². The summed E-state index contributed by atoms with van der Waals surface area (Å²) in [4.78, 5) is 2.57. The van der Waals surface area contributed by atoms with E-state index in [1.807, 2.05) is 26.0 Å². The van der Waals surface area contributed by atoms with E-state index in [4.69, 9.17) is 4.42 Å². The molecule has 0 amide bonds. The number of rotatable bonds is 5. The zero-order valence-corrected chi connectivity index (χ0v) is 11.9. The van der Waals surface area contributed by atoms with Crippen molar-refractivity contribution in [2.75, 3.05) is 19.6 Å². The van der Waals surface area contributed by atoms with E-state index in [1.165, 1.54) is 25.8 Å². The van der Waals surface area contributed by atoms with Crippen LogP contribution in [0, 0.1) is 6.92 Å². The van der Waals surface area contributed by atoms with Crippen molar-refractivity contribution in [2.24, 2.45) is 0 Å². The van der Waals surface area contributed by atoms with Gasteiger partial charge in [0, 0.05) is 31.7 Å². The number of furan rings is 1. The lowest BCUT2D eigenvalue weighted by atomic mass is 10.0. The topological polar surface area (TPSA) is 48.6 Å². The first-order valence-corrected chi connectivity index (χ1v) is 7.31. The van der Waals surface area contributed by atoms with Gasteiger partial charge in [-0.1, -0.05) is 0 Å². The smallest absolute Gasteiger partial charge is 0.136 e. The molecule has 1 aliphatic heterocycles. The van der Waals surface area contributed by atoms with Gasteiger partial charge in [-0.15, -0.1) is 0 Å². The molecule has 1 aromatic rings. The highest BCUT2D eigenvalue weighted by molar-refractivity contribution is 5.13. The zero-order valence-electron chi connectivity index (χ0n) is 11.9. The molecule has 4 nitrogen and oxygen atoms in total. The summed E-state index contributed by atoms with van der Waals surface area (Å²) in [6, 6.07) is 5.11. The van der Waals surface area contributed by atoms with Crippen LogP contribution in [-0.4, -0.2) is 41.7 Å². The van der Waals surface area contributed by atoms with Crippen LogP contribution in [0.2, 0.25) is 0 Å². The third kappa shape index (κ3) is 3.02. The largest absolute Gasteiger partial charge is 0.463 e. The third-order valence-corrected chi connectivity index (χ3v) is 4.29. The molecule has 19 heavy (non-hydrogen) atoms. The lowest BCUT2D eigenvalue weighted by molar-refractivity contribution is 0.0310. The monoisotopic (exact) mass is 264 g/mol. The third-order valence-electron chi connectivity index (χ3n) is 4.29. The molecule has 3 rings (SSSR count). The molecule has 0 spiro atoms. The predicted molar refractivity (Wildman–Crippen MR) is 74.0 cm³/mol. The van der Waals surface area contributed by atoms with Crippen LogP contribution in [0.3, 0.4) is 0 Å². The maximum Gasteiger partial charge on any atom is 0.136 e. The molecule has 0 aromatic carbocycles. The van der Waals surface area contributed by atoms with Gasteiger partial charge in [0.2, 0.25) is 0 Å². The number of nitrogens with one attached hydrogen (secondary N) is 1. The summed E-state index contributed by atoms with van der Waals surface area (Å²) >= 11 is 0. The summed E-state index contributed by atoms with van der Waals surface area (Å²) in [5, 5.41) is 14.0. The van der Waals surface area contributed by atoms with Crippen LogP contribution in [0.5, 0.6) is 0 Å². The Morgan fingerprint density at radius 3 is 2.84 bits per heavy atom. The first-order valence-electron chi connectivity index (χ1n) is 7.31. The van der Waals surface area contributed by atoms with Gasteiger partial charge in [-0.2, -0.15) is 0 Å². The minimum atomic E-state index is -0.929. The number of aliphatic hydroxyl groups is 1. The van der Waals surface area contributed by atoms with E-state index in [9.17, 15) is 5.11 Å². The SMILES string of the molecule is Cc1ccc(C(C)(O)CNC2CCN(C3CC3)C2)o1. The molecule has 2 atom stereocenters. The molecule has 2 heterocycles. The van der Waals surface area contributed by atoms with Gasteiger partial charge in [0.05, 0.1) is 0 Å². The lowest BCUT2D eigenvalue weighted by Crippen LogP contribution is -2.42. The standard InChI is InChI=1S/C15H24N2O2/c1-11-3-6-14(19-11)15(2,18)10-16-12-7-8-17(9-12)13-4-5-13/h3,6,12-13,16,18H,4-5,7-10H2,1-2H3. The number of hydrogen-bond donors (Lipinski definition) is 2. The minimum Gasteiger partial charge on any atom is -0.463 e.